The van der Waals surface area contributed by atoms with Crippen molar-refractivity contribution in [3.8, 4) is 0 Å². The number of carbonyl (C=O) groups is 6. The summed E-state index contributed by atoms with van der Waals surface area (Å²) in [4.78, 5) is 79.2. The Morgan fingerprint density at radius 1 is 0.825 bits per heavy atom. The van der Waals surface area contributed by atoms with E-state index in [2.05, 4.69) is 5.32 Å². The van der Waals surface area contributed by atoms with E-state index in [0.717, 1.165) is 7.11 Å². The molecule has 0 unspecified atom stereocenters. The fourth-order valence-corrected chi connectivity index (χ4v) is 14.5. The molecular weight excluding hydrogens is 1050 g/mol. The Labute approximate surface area is 465 Å². The van der Waals surface area contributed by atoms with Gasteiger partial charge in [-0.25, -0.2) is 9.59 Å². The largest absolute Gasteiger partial charge is 0.762 e. The van der Waals surface area contributed by atoms with E-state index in [9.17, 15) is 49.7 Å². The summed E-state index contributed by atoms with van der Waals surface area (Å²) in [5, 5.41) is 61.8. The monoisotopic (exact) mass is 1130 g/mol. The number of aldehydes is 1. The number of allylic oxidation sites excluding steroid dienone is 3. The number of hydrogen-bond acceptors (Lipinski definition) is 22. The van der Waals surface area contributed by atoms with Crippen molar-refractivity contribution < 1.29 is 96.7 Å². The number of carbonyl (C=O) groups excluding carboxylic acids is 6. The molecule has 4 aliphatic heterocycles. The molecule has 5 fully saturated rings. The van der Waals surface area contributed by atoms with Crippen molar-refractivity contribution in [3.05, 3.63) is 63.6 Å². The molecule has 1 saturated carbocycles. The highest BCUT2D eigenvalue weighted by Gasteiger charge is 2.65. The van der Waals surface area contributed by atoms with Gasteiger partial charge in [-0.1, -0.05) is 50.6 Å². The Hall–Kier alpha value is -4.92. The maximum absolute atomic E-state index is 15.5. The molecular formula is C57H79N2O21-. The van der Waals surface area contributed by atoms with Crippen molar-refractivity contribution in [2.45, 2.75) is 212 Å². The number of fused-ring (bicyclic) bond motifs is 4. The van der Waals surface area contributed by atoms with Gasteiger partial charge in [-0.15, -0.1) is 0 Å². The van der Waals surface area contributed by atoms with E-state index in [4.69, 9.17) is 47.4 Å². The third-order valence-corrected chi connectivity index (χ3v) is 18.2. The molecule has 8 rings (SSSR count). The van der Waals surface area contributed by atoms with Crippen LogP contribution < -0.4 is 5.32 Å². The number of nitrogens with zero attached hydrogens (tertiary/aromatic N) is 1. The zero-order valence-corrected chi connectivity index (χ0v) is 47.4. The maximum Gasteiger partial charge on any atom is 0.407 e. The first-order valence-corrected chi connectivity index (χ1v) is 27.6. The van der Waals surface area contributed by atoms with Gasteiger partial charge in [0.05, 0.1) is 67.3 Å². The van der Waals surface area contributed by atoms with Crippen LogP contribution in [0.2, 0.25) is 0 Å². The lowest BCUT2D eigenvalue weighted by molar-refractivity contribution is -0.318. The van der Waals surface area contributed by atoms with Crippen molar-refractivity contribution in [1.82, 2.24) is 10.5 Å². The molecule has 23 atom stereocenters. The molecule has 8 aliphatic rings. The van der Waals surface area contributed by atoms with Gasteiger partial charge in [-0.3, -0.25) is 24.4 Å². The van der Waals surface area contributed by atoms with E-state index in [1.807, 2.05) is 45.9 Å². The number of ether oxygens (including phenoxy) is 10. The van der Waals surface area contributed by atoms with E-state index in [1.165, 1.54) is 26.8 Å². The molecule has 23 heteroatoms. The number of amides is 1. The van der Waals surface area contributed by atoms with Gasteiger partial charge in [0.1, 0.15) is 23.7 Å². The van der Waals surface area contributed by atoms with Crippen LogP contribution in [0.3, 0.4) is 0 Å². The van der Waals surface area contributed by atoms with Crippen molar-refractivity contribution in [3.63, 3.8) is 0 Å². The molecule has 23 nitrogen and oxygen atoms in total. The lowest BCUT2D eigenvalue weighted by atomic mass is 9.49. The van der Waals surface area contributed by atoms with E-state index in [1.54, 1.807) is 33.8 Å². The van der Waals surface area contributed by atoms with Gasteiger partial charge in [-0.05, 0) is 89.4 Å². The average molecular weight is 1130 g/mol. The normalized spacial score (nSPS) is 45.3. The van der Waals surface area contributed by atoms with Gasteiger partial charge in [0.2, 0.25) is 5.78 Å². The second kappa shape index (κ2) is 23.7. The lowest BCUT2D eigenvalue weighted by Crippen LogP contribution is -2.67. The fraction of sp³-hybridized carbons (Fsp3) is 0.719. The van der Waals surface area contributed by atoms with Gasteiger partial charge in [-0.2, -0.15) is 0 Å². The Kier molecular flexibility index (Phi) is 18.2. The molecule has 0 aromatic heterocycles. The number of hydrogen-bond donors (Lipinski definition) is 5. The number of aliphatic hydroxyl groups excluding tert-OH is 3. The summed E-state index contributed by atoms with van der Waals surface area (Å²) in [6.45, 7) is 18.4. The van der Waals surface area contributed by atoms with Gasteiger partial charge >= 0.3 is 24.0 Å². The molecule has 1 amide bonds. The molecule has 4 saturated heterocycles. The molecule has 444 valence electrons. The van der Waals surface area contributed by atoms with Gasteiger partial charge in [0.25, 0.3) is 0 Å². The topological polar surface area (TPSA) is 314 Å². The minimum absolute atomic E-state index is 0.00138. The number of nitrogens with one attached hydrogen (secondary N) is 1. The summed E-state index contributed by atoms with van der Waals surface area (Å²) in [7, 11) is 1.16. The molecule has 0 aromatic rings. The van der Waals surface area contributed by atoms with Crippen LogP contribution in [0.25, 0.3) is 0 Å². The van der Waals surface area contributed by atoms with Crippen LogP contribution in [-0.4, -0.2) is 166 Å². The Balaban J connectivity index is 1.17. The summed E-state index contributed by atoms with van der Waals surface area (Å²) >= 11 is 0. The minimum Gasteiger partial charge on any atom is -0.762 e. The average Bonchev–Trinajstić information content (AvgIpc) is 3.51. The number of Topliss-reactive ketones (excluding diaryl/α,β-unsaturated/α-hetero) is 1. The second-order valence-electron chi connectivity index (χ2n) is 23.8. The lowest BCUT2D eigenvalue weighted by Gasteiger charge is -2.56. The predicted molar refractivity (Wildman–Crippen MR) is 278 cm³/mol. The van der Waals surface area contributed by atoms with E-state index < -0.39 is 174 Å². The first kappa shape index (κ1) is 61.2. The third kappa shape index (κ3) is 11.5. The number of hydroxylamine groups is 2. The number of alkyl carbamates (subject to hydrolysis) is 1. The van der Waals surface area contributed by atoms with Crippen LogP contribution in [0.5, 0.6) is 0 Å². The summed E-state index contributed by atoms with van der Waals surface area (Å²) in [5.41, 5.74) is -4.78. The Morgan fingerprint density at radius 2 is 1.46 bits per heavy atom. The van der Waals surface area contributed by atoms with E-state index in [0.29, 0.717) is 23.9 Å². The van der Waals surface area contributed by atoms with Crippen molar-refractivity contribution >= 4 is 36.1 Å². The number of rotatable bonds is 11. The summed E-state index contributed by atoms with van der Waals surface area (Å²) in [5.74, 6) is -7.10. The number of ketones is 1. The molecule has 1 spiro atoms. The maximum atomic E-state index is 15.5. The highest BCUT2D eigenvalue weighted by Crippen LogP contribution is 2.61. The molecule has 0 aromatic carbocycles. The van der Waals surface area contributed by atoms with Crippen LogP contribution in [0.15, 0.2) is 58.4 Å². The van der Waals surface area contributed by atoms with Crippen molar-refractivity contribution in [2.75, 3.05) is 7.11 Å². The third-order valence-electron chi connectivity index (χ3n) is 18.2. The van der Waals surface area contributed by atoms with Crippen molar-refractivity contribution in [2.24, 2.45) is 40.9 Å². The van der Waals surface area contributed by atoms with E-state index >= 15 is 4.79 Å². The zero-order valence-electron chi connectivity index (χ0n) is 47.4. The zero-order chi connectivity index (χ0) is 58.7. The Bertz CT molecular complexity index is 2550. The van der Waals surface area contributed by atoms with Gasteiger partial charge in [0.15, 0.2) is 36.7 Å². The smallest absolute Gasteiger partial charge is 0.407 e. The fourth-order valence-electron chi connectivity index (χ4n) is 14.5. The summed E-state index contributed by atoms with van der Waals surface area (Å²) in [6.07, 6.45) is -4.13. The SMILES string of the molecule is COC(=O)N[C@@H]1[C@@H](C)O[C@@H](O[C@H]2C/C=C(\C)[C@@H]3C=C[C@@H]4[C@@H](O[C@H]5C[C@@H](O[C@H]6C[C@@H](O)[C@H](OC(C)=O)[C@@H](C)O6)[C@H](OC(C)=O)[C@@H](C)O5)[C@@H](C)C[C@H](C)[C@H]4[C@]3(C)C(O)=C3C(=O)O[C@]4(CC(C=O)=C[C@H](O)[C@H]4/C=C/2C)C3=O)C[C@@]1(C)N([O-])O. The quantitative estimate of drug-likeness (QED) is 0.0453. The first-order chi connectivity index (χ1) is 37.6. The molecule has 2 bridgehead atoms. The van der Waals surface area contributed by atoms with Crippen LogP contribution in [-0.2, 0) is 71.3 Å². The highest BCUT2D eigenvalue weighted by atomic mass is 16.8. The standard InChI is InChI=1S/C57H79N2O21/c1-25-13-16-40(77-44-23-55(10,59(69)70)50(31(7)74-44)58-54(68)71-12)26(2)18-37-38(63)19-34(24-60)22-57(37)52(66)45(53(67)80-57)51(65)56(11)36(25)15-14-35-46(56)27(3)17-28(4)47(35)79-43-21-41(49(30(6)73-43)76-33(9)62)78-42-20-39(64)48(29(5)72-42)75-32(8)61/h13-15,18-19,24,27-31,35-44,46-50,63-65,69H,16-17,20-23H2,1-12H3,(H,58,68)/q-1/b25-13+,26-18+,51-45?/t27-,28-,29+,30+,31+,35-,36-,37+,38-,39+,40-,41+,42-,43-,44-,46+,47-,48+,49+,50+,55+,56+,57-/m0/s1. The van der Waals surface area contributed by atoms with Crippen LogP contribution in [0, 0.1) is 46.1 Å². The predicted octanol–water partition coefficient (Wildman–Crippen LogP) is 5.02. The van der Waals surface area contributed by atoms with Crippen LogP contribution >= 0.6 is 0 Å². The second-order valence-corrected chi connectivity index (χ2v) is 23.8. The van der Waals surface area contributed by atoms with Gasteiger partial charge < -0.3 is 78.4 Å². The Morgan fingerprint density at radius 3 is 2.09 bits per heavy atom. The summed E-state index contributed by atoms with van der Waals surface area (Å²) < 4.78 is 61.1. The highest BCUT2D eigenvalue weighted by molar-refractivity contribution is 6.26. The van der Waals surface area contributed by atoms with Crippen LogP contribution in [0.4, 0.5) is 4.79 Å². The molecule has 4 heterocycles. The first-order valence-electron chi connectivity index (χ1n) is 27.6. The number of aliphatic hydroxyl groups is 3. The number of methoxy groups -OCH3 is 1. The molecule has 5 N–H and O–H groups in total. The molecule has 4 aliphatic carbocycles. The summed E-state index contributed by atoms with van der Waals surface area (Å²) in [6, 6.07) is -1.06. The van der Waals surface area contributed by atoms with E-state index in [-0.39, 0.29) is 48.3 Å². The molecule has 80 heavy (non-hydrogen) atoms. The molecule has 0 radical (unpaired) electrons. The van der Waals surface area contributed by atoms with Gasteiger partial charge in [0, 0.05) is 56.8 Å². The number of esters is 3. The van der Waals surface area contributed by atoms with Crippen molar-refractivity contribution in [1.29, 1.82) is 0 Å². The van der Waals surface area contributed by atoms with Crippen LogP contribution in [0.1, 0.15) is 115 Å². The minimum atomic E-state index is -2.19.